The fourth-order valence-corrected chi connectivity index (χ4v) is 2.26. The van der Waals surface area contributed by atoms with Gasteiger partial charge in [-0.05, 0) is 39.9 Å². The first-order valence-corrected chi connectivity index (χ1v) is 5.42. The highest BCUT2D eigenvalue weighted by atomic mass is 79.9. The van der Waals surface area contributed by atoms with Crippen molar-refractivity contribution in [3.8, 4) is 5.75 Å². The van der Waals surface area contributed by atoms with Crippen LogP contribution in [-0.2, 0) is 4.79 Å². The van der Waals surface area contributed by atoms with Crippen LogP contribution in [-0.4, -0.2) is 16.2 Å². The van der Waals surface area contributed by atoms with Crippen molar-refractivity contribution in [2.75, 3.05) is 0 Å². The second-order valence-corrected chi connectivity index (χ2v) is 4.43. The Kier molecular flexibility index (Phi) is 3.74. The number of phenolic OH excluding ortho intramolecular Hbond substituents is 1. The molecule has 2 N–H and O–H groups in total. The van der Waals surface area contributed by atoms with Crippen LogP contribution in [0.3, 0.4) is 0 Å². The zero-order valence-electron chi connectivity index (χ0n) is 8.62. The third-order valence-corrected chi connectivity index (χ3v) is 3.19. The molecular weight excluding hydrogens is 260 g/mol. The van der Waals surface area contributed by atoms with E-state index < -0.39 is 5.97 Å². The number of phenols is 1. The highest BCUT2D eigenvalue weighted by Gasteiger charge is 2.16. The first kappa shape index (κ1) is 12.0. The first-order valence-electron chi connectivity index (χ1n) is 4.63. The molecule has 0 bridgehead atoms. The summed E-state index contributed by atoms with van der Waals surface area (Å²) in [6.45, 7) is 3.62. The molecule has 1 unspecified atom stereocenters. The van der Waals surface area contributed by atoms with E-state index in [0.717, 1.165) is 11.1 Å². The second kappa shape index (κ2) is 4.66. The van der Waals surface area contributed by atoms with E-state index in [4.69, 9.17) is 5.11 Å². The van der Waals surface area contributed by atoms with Gasteiger partial charge in [-0.2, -0.15) is 0 Å². The van der Waals surface area contributed by atoms with Crippen LogP contribution in [0.1, 0.15) is 30.4 Å². The van der Waals surface area contributed by atoms with E-state index in [-0.39, 0.29) is 18.1 Å². The molecule has 1 rings (SSSR count). The third-order valence-electron chi connectivity index (χ3n) is 2.36. The van der Waals surface area contributed by atoms with Gasteiger partial charge in [0.2, 0.25) is 0 Å². The predicted octanol–water partition coefficient (Wildman–Crippen LogP) is 3.04. The maximum Gasteiger partial charge on any atom is 0.303 e. The predicted molar refractivity (Wildman–Crippen MR) is 61.2 cm³/mol. The molecule has 0 saturated carbocycles. The standard InChI is InChI=1S/C11H13BrO3/c1-6-3-4-8(10(12)11(6)15)7(2)5-9(13)14/h3-4,7,15H,5H2,1-2H3,(H,13,14). The van der Waals surface area contributed by atoms with E-state index in [9.17, 15) is 9.90 Å². The summed E-state index contributed by atoms with van der Waals surface area (Å²) in [6.07, 6.45) is 0.0566. The molecule has 4 heteroatoms. The summed E-state index contributed by atoms with van der Waals surface area (Å²) < 4.78 is 0.594. The molecule has 0 radical (unpaired) electrons. The summed E-state index contributed by atoms with van der Waals surface area (Å²) >= 11 is 3.28. The number of carbonyl (C=O) groups is 1. The van der Waals surface area contributed by atoms with Gasteiger partial charge in [-0.3, -0.25) is 4.79 Å². The lowest BCUT2D eigenvalue weighted by Crippen LogP contribution is -2.03. The van der Waals surface area contributed by atoms with Crippen LogP contribution in [0.5, 0.6) is 5.75 Å². The molecule has 0 heterocycles. The summed E-state index contributed by atoms with van der Waals surface area (Å²) in [5.74, 6) is -0.775. The fourth-order valence-electron chi connectivity index (χ4n) is 1.43. The van der Waals surface area contributed by atoms with Crippen LogP contribution >= 0.6 is 15.9 Å². The topological polar surface area (TPSA) is 57.5 Å². The zero-order chi connectivity index (χ0) is 11.6. The van der Waals surface area contributed by atoms with Gasteiger partial charge in [0, 0.05) is 0 Å². The molecule has 0 amide bonds. The number of halogens is 1. The molecule has 82 valence electrons. The highest BCUT2D eigenvalue weighted by Crippen LogP contribution is 2.35. The zero-order valence-corrected chi connectivity index (χ0v) is 10.2. The fraction of sp³-hybridized carbons (Fsp3) is 0.364. The Balaban J connectivity index is 3.05. The van der Waals surface area contributed by atoms with Crippen molar-refractivity contribution in [1.29, 1.82) is 0 Å². The number of aliphatic carboxylic acids is 1. The van der Waals surface area contributed by atoms with Gasteiger partial charge in [-0.25, -0.2) is 0 Å². The summed E-state index contributed by atoms with van der Waals surface area (Å²) in [5.41, 5.74) is 1.59. The van der Waals surface area contributed by atoms with Gasteiger partial charge in [0.05, 0.1) is 10.9 Å². The Labute approximate surface area is 96.9 Å². The van der Waals surface area contributed by atoms with Crippen LogP contribution < -0.4 is 0 Å². The van der Waals surface area contributed by atoms with Crippen molar-refractivity contribution >= 4 is 21.9 Å². The lowest BCUT2D eigenvalue weighted by molar-refractivity contribution is -0.137. The minimum absolute atomic E-state index is 0.0566. The first-order chi connectivity index (χ1) is 6.93. The smallest absolute Gasteiger partial charge is 0.303 e. The Hall–Kier alpha value is -1.03. The van der Waals surface area contributed by atoms with Crippen LogP contribution in [0.4, 0.5) is 0 Å². The molecule has 0 aromatic heterocycles. The number of carboxylic acids is 1. The molecule has 1 aromatic carbocycles. The van der Waals surface area contributed by atoms with E-state index in [1.54, 1.807) is 13.0 Å². The Bertz CT molecular complexity index is 388. The Morgan fingerprint density at radius 3 is 2.67 bits per heavy atom. The summed E-state index contributed by atoms with van der Waals surface area (Å²) in [6, 6.07) is 3.63. The third kappa shape index (κ3) is 2.72. The number of aromatic hydroxyl groups is 1. The van der Waals surface area contributed by atoms with E-state index in [1.807, 2.05) is 13.0 Å². The van der Waals surface area contributed by atoms with Crippen molar-refractivity contribution in [2.24, 2.45) is 0 Å². The monoisotopic (exact) mass is 272 g/mol. The van der Waals surface area contributed by atoms with Crippen molar-refractivity contribution in [1.82, 2.24) is 0 Å². The SMILES string of the molecule is Cc1ccc(C(C)CC(=O)O)c(Br)c1O. The maximum atomic E-state index is 10.6. The van der Waals surface area contributed by atoms with Gasteiger partial charge in [0.15, 0.2) is 0 Å². The van der Waals surface area contributed by atoms with Crippen molar-refractivity contribution < 1.29 is 15.0 Å². The number of rotatable bonds is 3. The molecule has 0 spiro atoms. The minimum atomic E-state index is -0.838. The van der Waals surface area contributed by atoms with Crippen LogP contribution in [0.25, 0.3) is 0 Å². The molecule has 1 aromatic rings. The molecule has 15 heavy (non-hydrogen) atoms. The number of carboxylic acid groups (broad SMARTS) is 1. The molecule has 0 aliphatic heterocycles. The lowest BCUT2D eigenvalue weighted by Gasteiger charge is -2.13. The van der Waals surface area contributed by atoms with Crippen LogP contribution in [0.2, 0.25) is 0 Å². The number of benzene rings is 1. The normalized spacial score (nSPS) is 12.5. The summed E-state index contributed by atoms with van der Waals surface area (Å²) in [5, 5.41) is 18.4. The van der Waals surface area contributed by atoms with Gasteiger partial charge in [-0.15, -0.1) is 0 Å². The van der Waals surface area contributed by atoms with Gasteiger partial charge in [-0.1, -0.05) is 19.1 Å². The number of hydrogen-bond acceptors (Lipinski definition) is 2. The van der Waals surface area contributed by atoms with Crippen molar-refractivity contribution in [3.05, 3.63) is 27.7 Å². The molecule has 0 saturated heterocycles. The molecule has 3 nitrogen and oxygen atoms in total. The van der Waals surface area contributed by atoms with E-state index in [0.29, 0.717) is 4.47 Å². The average Bonchev–Trinajstić information content (AvgIpc) is 2.13. The summed E-state index contributed by atoms with van der Waals surface area (Å²) in [4.78, 5) is 10.6. The lowest BCUT2D eigenvalue weighted by atomic mass is 9.96. The molecular formula is C11H13BrO3. The summed E-state index contributed by atoms with van der Waals surface area (Å²) in [7, 11) is 0. The Morgan fingerprint density at radius 1 is 1.53 bits per heavy atom. The van der Waals surface area contributed by atoms with Crippen molar-refractivity contribution in [2.45, 2.75) is 26.2 Å². The number of hydrogen-bond donors (Lipinski definition) is 2. The highest BCUT2D eigenvalue weighted by molar-refractivity contribution is 9.10. The molecule has 0 aliphatic rings. The van der Waals surface area contributed by atoms with E-state index in [2.05, 4.69) is 15.9 Å². The van der Waals surface area contributed by atoms with E-state index >= 15 is 0 Å². The van der Waals surface area contributed by atoms with Crippen molar-refractivity contribution in [3.63, 3.8) is 0 Å². The van der Waals surface area contributed by atoms with E-state index in [1.165, 1.54) is 0 Å². The minimum Gasteiger partial charge on any atom is -0.506 e. The van der Waals surface area contributed by atoms with Gasteiger partial charge in [0.1, 0.15) is 5.75 Å². The quantitative estimate of drug-likeness (QED) is 0.889. The molecule has 0 fully saturated rings. The average molecular weight is 273 g/mol. The van der Waals surface area contributed by atoms with Gasteiger partial charge < -0.3 is 10.2 Å². The molecule has 0 aliphatic carbocycles. The molecule has 1 atom stereocenters. The van der Waals surface area contributed by atoms with Gasteiger partial charge >= 0.3 is 5.97 Å². The largest absolute Gasteiger partial charge is 0.506 e. The Morgan fingerprint density at radius 2 is 2.13 bits per heavy atom. The van der Waals surface area contributed by atoms with Crippen LogP contribution in [0, 0.1) is 6.92 Å². The van der Waals surface area contributed by atoms with Gasteiger partial charge in [0.25, 0.3) is 0 Å². The maximum absolute atomic E-state index is 10.6. The number of aryl methyl sites for hydroxylation is 1. The van der Waals surface area contributed by atoms with Crippen LogP contribution in [0.15, 0.2) is 16.6 Å². The second-order valence-electron chi connectivity index (χ2n) is 3.63.